The molecule has 2 fully saturated rings. The van der Waals surface area contributed by atoms with Gasteiger partial charge in [-0.05, 0) is 30.7 Å². The fraction of sp³-hybridized carbons (Fsp3) is 0.389. The summed E-state index contributed by atoms with van der Waals surface area (Å²) in [6.07, 6.45) is 6.29. The minimum atomic E-state index is -0.372. The molecule has 4 rings (SSSR count). The van der Waals surface area contributed by atoms with Gasteiger partial charge in [0.15, 0.2) is 11.6 Å². The average molecular weight is 342 g/mol. The van der Waals surface area contributed by atoms with Crippen molar-refractivity contribution in [3.05, 3.63) is 54.2 Å². The summed E-state index contributed by atoms with van der Waals surface area (Å²) in [4.78, 5) is 22.4. The van der Waals surface area contributed by atoms with Crippen LogP contribution in [-0.2, 0) is 4.74 Å². The molecule has 1 amide bonds. The summed E-state index contributed by atoms with van der Waals surface area (Å²) >= 11 is 0. The molecule has 1 N–H and O–H groups in total. The minimum Gasteiger partial charge on any atom is -0.371 e. The predicted molar refractivity (Wildman–Crippen MR) is 89.7 cm³/mol. The number of hydrogen-bond donors (Lipinski definition) is 1. The van der Waals surface area contributed by atoms with Crippen LogP contribution in [0.15, 0.2) is 42.9 Å². The first-order valence-corrected chi connectivity index (χ1v) is 8.36. The van der Waals surface area contributed by atoms with E-state index in [4.69, 9.17) is 4.74 Å². The Labute approximate surface area is 145 Å². The molecule has 2 saturated heterocycles. The normalized spacial score (nSPS) is 25.5. The zero-order valence-electron chi connectivity index (χ0n) is 13.7. The number of amides is 1. The molecular weight excluding hydrogens is 323 g/mol. The SMILES string of the molecule is O=C(c1cccnc1)N1CC[C@]2(C[C@@H](Nc3ncccc3F)CO2)C1. The summed E-state index contributed by atoms with van der Waals surface area (Å²) in [6, 6.07) is 6.45. The van der Waals surface area contributed by atoms with Gasteiger partial charge < -0.3 is 15.0 Å². The number of nitrogens with one attached hydrogen (secondary N) is 1. The molecule has 130 valence electrons. The van der Waals surface area contributed by atoms with Gasteiger partial charge >= 0.3 is 0 Å². The Bertz CT molecular complexity index is 773. The first-order chi connectivity index (χ1) is 12.2. The molecule has 4 heterocycles. The van der Waals surface area contributed by atoms with Crippen molar-refractivity contribution in [1.29, 1.82) is 0 Å². The number of aromatic nitrogens is 2. The summed E-state index contributed by atoms with van der Waals surface area (Å²) in [5.74, 6) is -0.154. The molecule has 2 aromatic rings. The summed E-state index contributed by atoms with van der Waals surface area (Å²) < 4.78 is 19.8. The Balaban J connectivity index is 1.40. The van der Waals surface area contributed by atoms with Crippen LogP contribution < -0.4 is 5.32 Å². The standard InChI is InChI=1S/C18H19FN4O2/c19-15-4-2-7-21-16(15)22-14-9-18(25-11-14)5-8-23(12-18)17(24)13-3-1-6-20-10-13/h1-4,6-7,10,14H,5,8-9,11-12H2,(H,21,22)/t14-,18+/m1/s1. The third-order valence-electron chi connectivity index (χ3n) is 4.82. The number of ether oxygens (including phenoxy) is 1. The van der Waals surface area contributed by atoms with Crippen molar-refractivity contribution in [3.8, 4) is 0 Å². The van der Waals surface area contributed by atoms with E-state index in [0.29, 0.717) is 25.3 Å². The second-order valence-electron chi connectivity index (χ2n) is 6.59. The van der Waals surface area contributed by atoms with E-state index in [2.05, 4.69) is 15.3 Å². The van der Waals surface area contributed by atoms with Crippen molar-refractivity contribution in [2.24, 2.45) is 0 Å². The van der Waals surface area contributed by atoms with Gasteiger partial charge in [0.25, 0.3) is 5.91 Å². The summed E-state index contributed by atoms with van der Waals surface area (Å²) in [7, 11) is 0. The monoisotopic (exact) mass is 342 g/mol. The fourth-order valence-corrected chi connectivity index (χ4v) is 3.60. The van der Waals surface area contributed by atoms with E-state index < -0.39 is 0 Å². The van der Waals surface area contributed by atoms with E-state index in [1.54, 1.807) is 41.7 Å². The van der Waals surface area contributed by atoms with E-state index >= 15 is 0 Å². The van der Waals surface area contributed by atoms with Crippen molar-refractivity contribution >= 4 is 11.7 Å². The maximum atomic E-state index is 13.7. The number of nitrogens with zero attached hydrogens (tertiary/aromatic N) is 3. The molecule has 1 spiro atoms. The van der Waals surface area contributed by atoms with Crippen LogP contribution in [-0.4, -0.2) is 52.1 Å². The molecule has 0 unspecified atom stereocenters. The second kappa shape index (κ2) is 6.40. The highest BCUT2D eigenvalue weighted by atomic mass is 19.1. The van der Waals surface area contributed by atoms with E-state index in [9.17, 15) is 9.18 Å². The van der Waals surface area contributed by atoms with Gasteiger partial charge in [-0.15, -0.1) is 0 Å². The summed E-state index contributed by atoms with van der Waals surface area (Å²) in [5, 5.41) is 3.11. The topological polar surface area (TPSA) is 67.4 Å². The maximum Gasteiger partial charge on any atom is 0.255 e. The van der Waals surface area contributed by atoms with Crippen LogP contribution in [0.3, 0.4) is 0 Å². The Morgan fingerprint density at radius 1 is 1.36 bits per heavy atom. The van der Waals surface area contributed by atoms with E-state index in [1.807, 2.05) is 0 Å². The minimum absolute atomic E-state index is 0.0159. The van der Waals surface area contributed by atoms with Crippen LogP contribution in [0.5, 0.6) is 0 Å². The van der Waals surface area contributed by atoms with E-state index in [-0.39, 0.29) is 29.2 Å². The van der Waals surface area contributed by atoms with Crippen LogP contribution in [0.2, 0.25) is 0 Å². The number of hydrogen-bond acceptors (Lipinski definition) is 5. The quantitative estimate of drug-likeness (QED) is 0.925. The van der Waals surface area contributed by atoms with Gasteiger partial charge in [-0.25, -0.2) is 9.37 Å². The van der Waals surface area contributed by atoms with E-state index in [1.165, 1.54) is 6.07 Å². The number of carbonyl (C=O) groups is 1. The highest BCUT2D eigenvalue weighted by molar-refractivity contribution is 5.94. The lowest BCUT2D eigenvalue weighted by atomic mass is 9.97. The molecule has 0 aliphatic carbocycles. The third kappa shape index (κ3) is 3.19. The van der Waals surface area contributed by atoms with Crippen LogP contribution >= 0.6 is 0 Å². The molecule has 2 aliphatic rings. The van der Waals surface area contributed by atoms with Crippen molar-refractivity contribution < 1.29 is 13.9 Å². The lowest BCUT2D eigenvalue weighted by Gasteiger charge is -2.23. The zero-order valence-corrected chi connectivity index (χ0v) is 13.7. The predicted octanol–water partition coefficient (Wildman–Crippen LogP) is 2.10. The van der Waals surface area contributed by atoms with Gasteiger partial charge in [-0.1, -0.05) is 0 Å². The number of carbonyl (C=O) groups excluding carboxylic acids is 1. The van der Waals surface area contributed by atoms with E-state index in [0.717, 1.165) is 12.8 Å². The molecule has 2 aromatic heterocycles. The molecule has 0 aromatic carbocycles. The smallest absolute Gasteiger partial charge is 0.255 e. The zero-order chi connectivity index (χ0) is 17.3. The number of likely N-dealkylation sites (tertiary alicyclic amines) is 1. The molecule has 0 saturated carbocycles. The van der Waals surface area contributed by atoms with Crippen LogP contribution in [0, 0.1) is 5.82 Å². The third-order valence-corrected chi connectivity index (χ3v) is 4.82. The largest absolute Gasteiger partial charge is 0.371 e. The highest BCUT2D eigenvalue weighted by Gasteiger charge is 2.47. The van der Waals surface area contributed by atoms with Gasteiger partial charge in [-0.2, -0.15) is 0 Å². The van der Waals surface area contributed by atoms with Crippen LogP contribution in [0.4, 0.5) is 10.2 Å². The second-order valence-corrected chi connectivity index (χ2v) is 6.59. The molecule has 6 nitrogen and oxygen atoms in total. The maximum absolute atomic E-state index is 13.7. The molecule has 2 aliphatic heterocycles. The Kier molecular flexibility index (Phi) is 4.09. The van der Waals surface area contributed by atoms with Crippen molar-refractivity contribution in [2.45, 2.75) is 24.5 Å². The Morgan fingerprint density at radius 3 is 3.04 bits per heavy atom. The Hall–Kier alpha value is -2.54. The average Bonchev–Trinajstić information content (AvgIpc) is 3.24. The van der Waals surface area contributed by atoms with Gasteiger partial charge in [0, 0.05) is 31.6 Å². The first-order valence-electron chi connectivity index (χ1n) is 8.36. The van der Waals surface area contributed by atoms with Crippen molar-refractivity contribution in [3.63, 3.8) is 0 Å². The number of halogens is 1. The van der Waals surface area contributed by atoms with Gasteiger partial charge in [0.05, 0.1) is 30.4 Å². The number of pyridine rings is 2. The van der Waals surface area contributed by atoms with Gasteiger partial charge in [0.2, 0.25) is 0 Å². The van der Waals surface area contributed by atoms with Gasteiger partial charge in [-0.3, -0.25) is 9.78 Å². The van der Waals surface area contributed by atoms with Crippen LogP contribution in [0.25, 0.3) is 0 Å². The highest BCUT2D eigenvalue weighted by Crippen LogP contribution is 2.36. The molecule has 7 heteroatoms. The van der Waals surface area contributed by atoms with Crippen LogP contribution in [0.1, 0.15) is 23.2 Å². The summed E-state index contributed by atoms with van der Waals surface area (Å²) in [5.41, 5.74) is 0.226. The van der Waals surface area contributed by atoms with Crippen molar-refractivity contribution in [1.82, 2.24) is 14.9 Å². The first kappa shape index (κ1) is 16.0. The molecule has 2 atom stereocenters. The van der Waals surface area contributed by atoms with Crippen molar-refractivity contribution in [2.75, 3.05) is 25.0 Å². The number of rotatable bonds is 3. The molecular formula is C18H19FN4O2. The Morgan fingerprint density at radius 2 is 2.24 bits per heavy atom. The summed E-state index contributed by atoms with van der Waals surface area (Å²) in [6.45, 7) is 1.67. The lowest BCUT2D eigenvalue weighted by Crippen LogP contribution is -2.36. The van der Waals surface area contributed by atoms with Gasteiger partial charge in [0.1, 0.15) is 0 Å². The number of anilines is 1. The molecule has 25 heavy (non-hydrogen) atoms. The lowest BCUT2D eigenvalue weighted by molar-refractivity contribution is 0.0125. The molecule has 0 radical (unpaired) electrons. The fourth-order valence-electron chi connectivity index (χ4n) is 3.60. The molecule has 0 bridgehead atoms.